The van der Waals surface area contributed by atoms with Gasteiger partial charge in [0.15, 0.2) is 0 Å². The van der Waals surface area contributed by atoms with Crippen molar-refractivity contribution in [3.05, 3.63) is 0 Å². The van der Waals surface area contributed by atoms with Crippen LogP contribution in [0.5, 0.6) is 0 Å². The number of terminal acetylenes is 1. The van der Waals surface area contributed by atoms with E-state index in [2.05, 4.69) is 38.6 Å². The molecule has 0 aromatic rings. The Kier molecular flexibility index (Phi) is 5.84. The van der Waals surface area contributed by atoms with Crippen molar-refractivity contribution in [3.8, 4) is 12.3 Å². The van der Waals surface area contributed by atoms with Crippen LogP contribution in [0.4, 0.5) is 0 Å². The first-order valence-corrected chi connectivity index (χ1v) is 4.71. The molecule has 0 spiro atoms. The van der Waals surface area contributed by atoms with E-state index in [0.717, 1.165) is 18.9 Å². The molecule has 0 amide bonds. The molecule has 0 bridgehead atoms. The number of rotatable bonds is 5. The van der Waals surface area contributed by atoms with Crippen molar-refractivity contribution in [1.29, 1.82) is 0 Å². The standard InChI is InChI=1S/C11H21N/c1-6-7-8-12(5)11(4)9-10(2)3/h1,10-11H,7-9H2,2-5H3. The van der Waals surface area contributed by atoms with Crippen molar-refractivity contribution < 1.29 is 0 Å². The summed E-state index contributed by atoms with van der Waals surface area (Å²) in [7, 11) is 2.14. The van der Waals surface area contributed by atoms with Gasteiger partial charge in [-0.05, 0) is 26.3 Å². The van der Waals surface area contributed by atoms with E-state index >= 15 is 0 Å². The van der Waals surface area contributed by atoms with Crippen molar-refractivity contribution in [3.63, 3.8) is 0 Å². The van der Waals surface area contributed by atoms with Crippen LogP contribution in [0.1, 0.15) is 33.6 Å². The molecule has 12 heavy (non-hydrogen) atoms. The number of hydrogen-bond donors (Lipinski definition) is 0. The van der Waals surface area contributed by atoms with Gasteiger partial charge >= 0.3 is 0 Å². The molecule has 0 saturated heterocycles. The predicted molar refractivity (Wildman–Crippen MR) is 55.0 cm³/mol. The fourth-order valence-corrected chi connectivity index (χ4v) is 1.32. The molecular formula is C11H21N. The lowest BCUT2D eigenvalue weighted by Crippen LogP contribution is -2.30. The highest BCUT2D eigenvalue weighted by Crippen LogP contribution is 2.09. The maximum absolute atomic E-state index is 5.20. The summed E-state index contributed by atoms with van der Waals surface area (Å²) in [5.74, 6) is 3.44. The topological polar surface area (TPSA) is 3.24 Å². The van der Waals surface area contributed by atoms with E-state index in [4.69, 9.17) is 6.42 Å². The largest absolute Gasteiger partial charge is 0.303 e. The van der Waals surface area contributed by atoms with Crippen LogP contribution in [0.25, 0.3) is 0 Å². The molecule has 0 aliphatic heterocycles. The van der Waals surface area contributed by atoms with Gasteiger partial charge in [-0.2, -0.15) is 0 Å². The Hall–Kier alpha value is -0.480. The summed E-state index contributed by atoms with van der Waals surface area (Å²) in [6.45, 7) is 7.79. The molecule has 0 aliphatic rings. The number of hydrogen-bond acceptors (Lipinski definition) is 1. The summed E-state index contributed by atoms with van der Waals surface area (Å²) in [4.78, 5) is 2.33. The van der Waals surface area contributed by atoms with Crippen molar-refractivity contribution in [2.24, 2.45) is 5.92 Å². The summed E-state index contributed by atoms with van der Waals surface area (Å²) in [5.41, 5.74) is 0. The molecule has 1 atom stereocenters. The summed E-state index contributed by atoms with van der Waals surface area (Å²) >= 11 is 0. The SMILES string of the molecule is C#CCCN(C)C(C)CC(C)C. The molecule has 1 unspecified atom stereocenters. The lowest BCUT2D eigenvalue weighted by Gasteiger charge is -2.25. The minimum atomic E-state index is 0.651. The van der Waals surface area contributed by atoms with E-state index < -0.39 is 0 Å². The van der Waals surface area contributed by atoms with E-state index in [9.17, 15) is 0 Å². The highest BCUT2D eigenvalue weighted by atomic mass is 15.1. The molecule has 0 fully saturated rings. The van der Waals surface area contributed by atoms with E-state index in [1.165, 1.54) is 6.42 Å². The van der Waals surface area contributed by atoms with Gasteiger partial charge in [0.2, 0.25) is 0 Å². The highest BCUT2D eigenvalue weighted by molar-refractivity contribution is 4.85. The van der Waals surface area contributed by atoms with Gasteiger partial charge in [0.05, 0.1) is 0 Å². The molecule has 1 nitrogen and oxygen atoms in total. The molecule has 0 radical (unpaired) electrons. The Bertz CT molecular complexity index is 144. The first-order valence-electron chi connectivity index (χ1n) is 4.71. The molecule has 0 aliphatic carbocycles. The van der Waals surface area contributed by atoms with E-state index in [1.807, 2.05) is 0 Å². The zero-order valence-corrected chi connectivity index (χ0v) is 8.80. The van der Waals surface area contributed by atoms with Crippen LogP contribution in [0.3, 0.4) is 0 Å². The molecule has 1 heteroatoms. The van der Waals surface area contributed by atoms with Crippen LogP contribution >= 0.6 is 0 Å². The zero-order valence-electron chi connectivity index (χ0n) is 8.80. The monoisotopic (exact) mass is 167 g/mol. The van der Waals surface area contributed by atoms with Crippen LogP contribution in [0.2, 0.25) is 0 Å². The second kappa shape index (κ2) is 6.08. The van der Waals surface area contributed by atoms with Gasteiger partial charge in [-0.15, -0.1) is 12.3 Å². The quantitative estimate of drug-likeness (QED) is 0.568. The summed E-state index contributed by atoms with van der Waals surface area (Å²) < 4.78 is 0. The molecule has 0 saturated carbocycles. The fourth-order valence-electron chi connectivity index (χ4n) is 1.32. The third kappa shape index (κ3) is 5.21. The molecule has 0 heterocycles. The predicted octanol–water partition coefficient (Wildman–Crippen LogP) is 2.38. The van der Waals surface area contributed by atoms with E-state index in [0.29, 0.717) is 6.04 Å². The first kappa shape index (κ1) is 11.5. The van der Waals surface area contributed by atoms with Crippen molar-refractivity contribution in [1.82, 2.24) is 4.90 Å². The van der Waals surface area contributed by atoms with Crippen LogP contribution in [0.15, 0.2) is 0 Å². The summed E-state index contributed by atoms with van der Waals surface area (Å²) in [5, 5.41) is 0. The Balaban J connectivity index is 3.62. The van der Waals surface area contributed by atoms with Gasteiger partial charge in [0.1, 0.15) is 0 Å². The maximum atomic E-state index is 5.20. The highest BCUT2D eigenvalue weighted by Gasteiger charge is 2.09. The maximum Gasteiger partial charge on any atom is 0.0214 e. The minimum Gasteiger partial charge on any atom is -0.303 e. The molecular weight excluding hydrogens is 146 g/mol. The third-order valence-electron chi connectivity index (χ3n) is 2.17. The van der Waals surface area contributed by atoms with Gasteiger partial charge in [-0.25, -0.2) is 0 Å². The molecule has 0 rings (SSSR count). The van der Waals surface area contributed by atoms with Crippen molar-refractivity contribution >= 4 is 0 Å². The van der Waals surface area contributed by atoms with Gasteiger partial charge in [0.25, 0.3) is 0 Å². The van der Waals surface area contributed by atoms with Crippen molar-refractivity contribution in [2.75, 3.05) is 13.6 Å². The van der Waals surface area contributed by atoms with Crippen molar-refractivity contribution in [2.45, 2.75) is 39.7 Å². The Morgan fingerprint density at radius 1 is 1.33 bits per heavy atom. The van der Waals surface area contributed by atoms with E-state index in [1.54, 1.807) is 0 Å². The smallest absolute Gasteiger partial charge is 0.0214 e. The van der Waals surface area contributed by atoms with E-state index in [-0.39, 0.29) is 0 Å². The average Bonchev–Trinajstić information content (AvgIpc) is 1.98. The minimum absolute atomic E-state index is 0.651. The van der Waals surface area contributed by atoms with Crippen LogP contribution in [0, 0.1) is 18.3 Å². The second-order valence-electron chi connectivity index (χ2n) is 3.91. The Labute approximate surface area is 77.1 Å². The van der Waals surface area contributed by atoms with Gasteiger partial charge in [-0.1, -0.05) is 13.8 Å². The fraction of sp³-hybridized carbons (Fsp3) is 0.818. The number of nitrogens with zero attached hydrogens (tertiary/aromatic N) is 1. The lowest BCUT2D eigenvalue weighted by atomic mass is 10.0. The lowest BCUT2D eigenvalue weighted by molar-refractivity contribution is 0.233. The zero-order chi connectivity index (χ0) is 9.56. The normalized spacial score (nSPS) is 13.4. The Morgan fingerprint density at radius 2 is 1.92 bits per heavy atom. The Morgan fingerprint density at radius 3 is 2.33 bits per heavy atom. The first-order chi connectivity index (χ1) is 5.57. The van der Waals surface area contributed by atoms with Crippen LogP contribution in [-0.2, 0) is 0 Å². The molecule has 70 valence electrons. The molecule has 0 aromatic carbocycles. The van der Waals surface area contributed by atoms with Gasteiger partial charge in [-0.3, -0.25) is 0 Å². The van der Waals surface area contributed by atoms with Gasteiger partial charge in [0, 0.05) is 19.0 Å². The summed E-state index contributed by atoms with van der Waals surface area (Å²) in [6.07, 6.45) is 7.31. The second-order valence-corrected chi connectivity index (χ2v) is 3.91. The van der Waals surface area contributed by atoms with Crippen LogP contribution < -0.4 is 0 Å². The average molecular weight is 167 g/mol. The third-order valence-corrected chi connectivity index (χ3v) is 2.17. The summed E-state index contributed by atoms with van der Waals surface area (Å²) in [6, 6.07) is 0.651. The van der Waals surface area contributed by atoms with Crippen LogP contribution in [-0.4, -0.2) is 24.5 Å². The molecule has 0 N–H and O–H groups in total. The molecule has 0 aromatic heterocycles. The van der Waals surface area contributed by atoms with Gasteiger partial charge < -0.3 is 4.90 Å².